The van der Waals surface area contributed by atoms with Gasteiger partial charge < -0.3 is 9.30 Å². The van der Waals surface area contributed by atoms with E-state index in [1.165, 1.54) is 11.3 Å². The number of benzene rings is 1. The molecule has 1 saturated heterocycles. The smallest absolute Gasteiger partial charge is 0.242 e. The van der Waals surface area contributed by atoms with E-state index in [9.17, 15) is 8.42 Å². The second kappa shape index (κ2) is 6.53. The van der Waals surface area contributed by atoms with E-state index in [2.05, 4.69) is 9.71 Å². The summed E-state index contributed by atoms with van der Waals surface area (Å²) in [7, 11) is -3.63. The SMILES string of the molecule is CCn1ccnc1[C@@H]1OCC[C@H]1NS(=O)(=O)c1csc2ccccc12. The average Bonchev–Trinajstić information content (AvgIpc) is 3.32. The number of aromatic nitrogens is 2. The van der Waals surface area contributed by atoms with Gasteiger partial charge in [0.25, 0.3) is 0 Å². The van der Waals surface area contributed by atoms with E-state index in [0.717, 1.165) is 22.5 Å². The van der Waals surface area contributed by atoms with Crippen LogP contribution in [0, 0.1) is 0 Å². The molecule has 1 fully saturated rings. The first-order valence-corrected chi connectivity index (χ1v) is 10.6. The zero-order chi connectivity index (χ0) is 17.4. The largest absolute Gasteiger partial charge is 0.369 e. The zero-order valence-corrected chi connectivity index (χ0v) is 15.4. The molecule has 0 amide bonds. The van der Waals surface area contributed by atoms with E-state index in [-0.39, 0.29) is 12.1 Å². The van der Waals surface area contributed by atoms with E-state index in [1.807, 2.05) is 42.0 Å². The van der Waals surface area contributed by atoms with Gasteiger partial charge in [-0.15, -0.1) is 11.3 Å². The molecule has 4 rings (SSSR count). The van der Waals surface area contributed by atoms with Crippen molar-refractivity contribution in [1.29, 1.82) is 0 Å². The number of hydrogen-bond acceptors (Lipinski definition) is 5. The topological polar surface area (TPSA) is 73.2 Å². The molecule has 1 N–H and O–H groups in total. The van der Waals surface area contributed by atoms with E-state index in [1.54, 1.807) is 11.6 Å². The highest BCUT2D eigenvalue weighted by Gasteiger charge is 2.36. The predicted octanol–water partition coefficient (Wildman–Crippen LogP) is 2.93. The van der Waals surface area contributed by atoms with Gasteiger partial charge in [-0.2, -0.15) is 0 Å². The first-order valence-electron chi connectivity index (χ1n) is 8.21. The highest BCUT2D eigenvalue weighted by Crippen LogP contribution is 2.32. The molecule has 132 valence electrons. The number of rotatable bonds is 5. The number of nitrogens with one attached hydrogen (secondary N) is 1. The van der Waals surface area contributed by atoms with Gasteiger partial charge >= 0.3 is 0 Å². The quantitative estimate of drug-likeness (QED) is 0.742. The summed E-state index contributed by atoms with van der Waals surface area (Å²) in [4.78, 5) is 4.70. The monoisotopic (exact) mass is 377 g/mol. The van der Waals surface area contributed by atoms with Gasteiger partial charge in [-0.05, 0) is 19.4 Å². The molecule has 0 bridgehead atoms. The van der Waals surface area contributed by atoms with Crippen molar-refractivity contribution < 1.29 is 13.2 Å². The number of fused-ring (bicyclic) bond motifs is 1. The van der Waals surface area contributed by atoms with Crippen molar-refractivity contribution in [1.82, 2.24) is 14.3 Å². The molecule has 8 heteroatoms. The standard InChI is InChI=1S/C17H19N3O3S2/c1-2-20-9-8-18-17(20)16-13(7-10-23-16)19-25(21,22)15-11-24-14-6-4-3-5-12(14)15/h3-6,8-9,11,13,16,19H,2,7,10H2,1H3/t13-,16-/m1/s1. The molecular formula is C17H19N3O3S2. The first-order chi connectivity index (χ1) is 12.1. The van der Waals surface area contributed by atoms with Gasteiger partial charge in [0.05, 0.1) is 6.04 Å². The summed E-state index contributed by atoms with van der Waals surface area (Å²) < 4.78 is 37.5. The van der Waals surface area contributed by atoms with Crippen LogP contribution in [-0.4, -0.2) is 30.6 Å². The van der Waals surface area contributed by atoms with Gasteiger partial charge in [-0.1, -0.05) is 18.2 Å². The van der Waals surface area contributed by atoms with Crippen LogP contribution in [-0.2, 0) is 21.3 Å². The van der Waals surface area contributed by atoms with Gasteiger partial charge in [0.15, 0.2) is 0 Å². The Morgan fingerprint density at radius 1 is 1.40 bits per heavy atom. The van der Waals surface area contributed by atoms with Crippen LogP contribution in [0.25, 0.3) is 10.1 Å². The number of nitrogens with zero attached hydrogens (tertiary/aromatic N) is 2. The zero-order valence-electron chi connectivity index (χ0n) is 13.8. The van der Waals surface area contributed by atoms with Crippen LogP contribution >= 0.6 is 11.3 Å². The Hall–Kier alpha value is -1.74. The molecular weight excluding hydrogens is 358 g/mol. The van der Waals surface area contributed by atoms with Crippen molar-refractivity contribution in [3.05, 3.63) is 47.9 Å². The number of aryl methyl sites for hydroxylation is 1. The highest BCUT2D eigenvalue weighted by atomic mass is 32.2. The van der Waals surface area contributed by atoms with E-state index in [4.69, 9.17) is 4.74 Å². The lowest BCUT2D eigenvalue weighted by Gasteiger charge is -2.20. The maximum Gasteiger partial charge on any atom is 0.242 e. The van der Waals surface area contributed by atoms with Crippen LogP contribution in [0.1, 0.15) is 25.3 Å². The summed E-state index contributed by atoms with van der Waals surface area (Å²) in [5, 5.41) is 2.45. The number of ether oxygens (including phenoxy) is 1. The minimum atomic E-state index is -3.63. The third-order valence-corrected chi connectivity index (χ3v) is 7.12. The number of sulfonamides is 1. The van der Waals surface area contributed by atoms with Crippen molar-refractivity contribution >= 4 is 31.4 Å². The van der Waals surface area contributed by atoms with Crippen LogP contribution < -0.4 is 4.72 Å². The summed E-state index contributed by atoms with van der Waals surface area (Å²) in [6.07, 6.45) is 3.87. The molecule has 0 aliphatic carbocycles. The average molecular weight is 377 g/mol. The molecule has 1 aromatic carbocycles. The second-order valence-electron chi connectivity index (χ2n) is 5.98. The lowest BCUT2D eigenvalue weighted by Crippen LogP contribution is -2.37. The van der Waals surface area contributed by atoms with Gasteiger partial charge in [-0.3, -0.25) is 0 Å². The molecule has 0 radical (unpaired) electrons. The number of thiophene rings is 1. The third-order valence-electron chi connectivity index (χ3n) is 4.48. The molecule has 2 atom stereocenters. The van der Waals surface area contributed by atoms with Crippen LogP contribution in [0.5, 0.6) is 0 Å². The van der Waals surface area contributed by atoms with Gasteiger partial charge in [0.2, 0.25) is 10.0 Å². The van der Waals surface area contributed by atoms with Gasteiger partial charge in [-0.25, -0.2) is 18.1 Å². The summed E-state index contributed by atoms with van der Waals surface area (Å²) in [5.74, 6) is 0.767. The molecule has 25 heavy (non-hydrogen) atoms. The lowest BCUT2D eigenvalue weighted by atomic mass is 10.1. The fraction of sp³-hybridized carbons (Fsp3) is 0.353. The number of imidazole rings is 1. The van der Waals surface area contributed by atoms with Crippen LogP contribution in [0.2, 0.25) is 0 Å². The molecule has 6 nitrogen and oxygen atoms in total. The Balaban J connectivity index is 1.64. The minimum absolute atomic E-state index is 0.323. The molecule has 3 aromatic rings. The summed E-state index contributed by atoms with van der Waals surface area (Å²) in [6, 6.07) is 7.21. The van der Waals surface area contributed by atoms with Crippen molar-refractivity contribution in [3.63, 3.8) is 0 Å². The predicted molar refractivity (Wildman–Crippen MR) is 97.1 cm³/mol. The Kier molecular flexibility index (Phi) is 4.36. The summed E-state index contributed by atoms with van der Waals surface area (Å²) >= 11 is 1.44. The third kappa shape index (κ3) is 2.99. The fourth-order valence-corrected chi connectivity index (χ4v) is 6.01. The second-order valence-corrected chi connectivity index (χ2v) is 8.57. The summed E-state index contributed by atoms with van der Waals surface area (Å²) in [5.41, 5.74) is 0. The Labute approximate surface area is 150 Å². The van der Waals surface area contributed by atoms with Crippen LogP contribution in [0.15, 0.2) is 46.9 Å². The molecule has 3 heterocycles. The summed E-state index contributed by atoms with van der Waals surface area (Å²) in [6.45, 7) is 3.31. The van der Waals surface area contributed by atoms with E-state index in [0.29, 0.717) is 17.9 Å². The normalized spacial score (nSPS) is 21.2. The molecule has 0 spiro atoms. The highest BCUT2D eigenvalue weighted by molar-refractivity contribution is 7.90. The molecule has 0 unspecified atom stereocenters. The van der Waals surface area contributed by atoms with Gasteiger partial charge in [0, 0.05) is 41.0 Å². The molecule has 0 saturated carbocycles. The van der Waals surface area contributed by atoms with Crippen LogP contribution in [0.4, 0.5) is 0 Å². The Morgan fingerprint density at radius 2 is 2.24 bits per heavy atom. The molecule has 1 aliphatic rings. The van der Waals surface area contributed by atoms with Crippen molar-refractivity contribution in [2.24, 2.45) is 0 Å². The van der Waals surface area contributed by atoms with Crippen molar-refractivity contribution in [3.8, 4) is 0 Å². The van der Waals surface area contributed by atoms with Crippen molar-refractivity contribution in [2.75, 3.05) is 6.61 Å². The van der Waals surface area contributed by atoms with Crippen molar-refractivity contribution in [2.45, 2.75) is 36.9 Å². The Bertz CT molecular complexity index is 993. The fourth-order valence-electron chi connectivity index (χ4n) is 3.23. The minimum Gasteiger partial charge on any atom is -0.369 e. The molecule has 2 aromatic heterocycles. The van der Waals surface area contributed by atoms with Crippen LogP contribution in [0.3, 0.4) is 0 Å². The molecule has 1 aliphatic heterocycles. The van der Waals surface area contributed by atoms with Gasteiger partial charge in [0.1, 0.15) is 16.8 Å². The van der Waals surface area contributed by atoms with E-state index < -0.39 is 10.0 Å². The lowest BCUT2D eigenvalue weighted by molar-refractivity contribution is 0.0926. The Morgan fingerprint density at radius 3 is 3.08 bits per heavy atom. The maximum absolute atomic E-state index is 12.9. The van der Waals surface area contributed by atoms with E-state index >= 15 is 0 Å². The first kappa shape index (κ1) is 16.7. The maximum atomic E-state index is 12.9. The number of hydrogen-bond donors (Lipinski definition) is 1.